The van der Waals surface area contributed by atoms with Crippen LogP contribution in [0.25, 0.3) is 0 Å². The molecule has 26 heavy (non-hydrogen) atoms. The van der Waals surface area contributed by atoms with Gasteiger partial charge in [0.05, 0.1) is 0 Å². The van der Waals surface area contributed by atoms with Crippen LogP contribution in [0.3, 0.4) is 0 Å². The highest BCUT2D eigenvalue weighted by Crippen LogP contribution is 2.02. The van der Waals surface area contributed by atoms with E-state index in [9.17, 15) is 14.4 Å². The number of hydrogen-bond donors (Lipinski definition) is 6. The van der Waals surface area contributed by atoms with Crippen molar-refractivity contribution in [2.24, 2.45) is 5.92 Å². The van der Waals surface area contributed by atoms with Crippen LogP contribution in [0.2, 0.25) is 0 Å². The summed E-state index contributed by atoms with van der Waals surface area (Å²) >= 11 is 0. The van der Waals surface area contributed by atoms with Crippen molar-refractivity contribution < 1.29 is 54.4 Å². The van der Waals surface area contributed by atoms with Gasteiger partial charge in [0.2, 0.25) is 0 Å². The lowest BCUT2D eigenvalue weighted by Crippen LogP contribution is -2.11. The normalized spacial score (nSPS) is 7.38. The van der Waals surface area contributed by atoms with E-state index < -0.39 is 17.9 Å². The van der Waals surface area contributed by atoms with Crippen molar-refractivity contribution in [3.63, 3.8) is 0 Å². The summed E-state index contributed by atoms with van der Waals surface area (Å²) in [5.74, 6) is -2.99. The van der Waals surface area contributed by atoms with Crippen LogP contribution in [0.1, 0.15) is 12.8 Å². The smallest absolute Gasteiger partial charge is 0.327 e. The Labute approximate surface area is 150 Å². The van der Waals surface area contributed by atoms with Gasteiger partial charge in [-0.25, -0.2) is 14.4 Å². The Balaban J connectivity index is -0.0000000521. The summed E-state index contributed by atoms with van der Waals surface area (Å²) in [6.45, 7) is 9.04. The molecule has 0 fully saturated rings. The number of aliphatic hydroxyl groups excluding tert-OH is 3. The van der Waals surface area contributed by atoms with E-state index >= 15 is 0 Å². The van der Waals surface area contributed by atoms with E-state index in [1.54, 1.807) is 0 Å². The molecule has 0 atom stereocenters. The molecule has 0 unspecified atom stereocenters. The van der Waals surface area contributed by atoms with Crippen LogP contribution in [-0.4, -0.2) is 68.4 Å². The Bertz CT molecular complexity index is 327. The Morgan fingerprint density at radius 3 is 1.08 bits per heavy atom. The zero-order chi connectivity index (χ0) is 20.0. The minimum atomic E-state index is -0.981. The lowest BCUT2D eigenvalue weighted by molar-refractivity contribution is -0.132. The number of carboxylic acids is 3. The molecule has 0 amide bonds. The third-order valence-corrected chi connectivity index (χ3v) is 1.81. The van der Waals surface area contributed by atoms with E-state index in [2.05, 4.69) is 19.7 Å². The molecule has 0 spiro atoms. The fraction of sp³-hybridized carbons (Fsp3) is 0.400. The highest BCUT2D eigenvalue weighted by molar-refractivity contribution is 5.79. The zero-order valence-electron chi connectivity index (χ0n) is 14.2. The lowest BCUT2D eigenvalue weighted by Gasteiger charge is -2.07. The maximum absolute atomic E-state index is 9.25. The number of carboxylic acid groups (broad SMARTS) is 3. The molecule has 0 aromatic heterocycles. The van der Waals surface area contributed by atoms with Crippen molar-refractivity contribution >= 4 is 17.9 Å². The van der Waals surface area contributed by atoms with Gasteiger partial charge in [0.25, 0.3) is 0 Å². The van der Waals surface area contributed by atoms with Gasteiger partial charge in [0, 0.05) is 44.0 Å². The first-order chi connectivity index (χ1) is 11.2. The molecule has 0 heterocycles. The number of halogens is 2. The first-order valence-electron chi connectivity index (χ1n) is 6.55. The molecule has 11 heteroatoms. The van der Waals surface area contributed by atoms with Crippen LogP contribution in [0.5, 0.6) is 0 Å². The lowest BCUT2D eigenvalue weighted by atomic mass is 10.1. The van der Waals surface area contributed by atoms with Crippen molar-refractivity contribution in [1.29, 1.82) is 0 Å². The van der Waals surface area contributed by atoms with E-state index in [1.807, 2.05) is 0 Å². The highest BCUT2D eigenvalue weighted by atomic mass is 19.0. The number of aliphatic carboxylic acids is 3. The van der Waals surface area contributed by atoms with Crippen molar-refractivity contribution in [3.8, 4) is 0 Å². The van der Waals surface area contributed by atoms with Crippen LogP contribution >= 0.6 is 0 Å². The van der Waals surface area contributed by atoms with Crippen LogP contribution < -0.4 is 0 Å². The fourth-order valence-corrected chi connectivity index (χ4v) is 0.620. The molecule has 0 saturated heterocycles. The van der Waals surface area contributed by atoms with E-state index in [-0.39, 0.29) is 35.1 Å². The van der Waals surface area contributed by atoms with Crippen molar-refractivity contribution in [3.05, 3.63) is 38.0 Å². The molecule has 0 aromatic rings. The summed E-state index contributed by atoms with van der Waals surface area (Å²) in [6, 6.07) is 0. The maximum Gasteiger partial charge on any atom is 0.327 e. The van der Waals surface area contributed by atoms with Crippen LogP contribution in [0.4, 0.5) is 9.41 Å². The molecular weight excluding hydrogens is 362 g/mol. The Kier molecular flexibility index (Phi) is 50.5. The quantitative estimate of drug-likeness (QED) is 0.321. The number of hydrogen-bond acceptors (Lipinski definition) is 6. The third-order valence-electron chi connectivity index (χ3n) is 1.81. The molecule has 9 nitrogen and oxygen atoms in total. The average molecular weight is 390 g/mol. The van der Waals surface area contributed by atoms with Crippen LogP contribution in [-0.2, 0) is 14.4 Å². The molecule has 0 aromatic carbocycles. The van der Waals surface area contributed by atoms with Crippen molar-refractivity contribution in [2.75, 3.05) is 19.8 Å². The van der Waals surface area contributed by atoms with Gasteiger partial charge in [-0.2, -0.15) is 0 Å². The van der Waals surface area contributed by atoms with E-state index in [0.29, 0.717) is 12.8 Å². The summed E-state index contributed by atoms with van der Waals surface area (Å²) in [6.07, 6.45) is 3.86. The summed E-state index contributed by atoms with van der Waals surface area (Å²) in [5.41, 5.74) is 0. The largest absolute Gasteiger partial charge is 0.478 e. The van der Waals surface area contributed by atoms with Gasteiger partial charge in [-0.3, -0.25) is 9.41 Å². The Morgan fingerprint density at radius 1 is 0.731 bits per heavy atom. The van der Waals surface area contributed by atoms with Gasteiger partial charge in [0.1, 0.15) is 0 Å². The van der Waals surface area contributed by atoms with Gasteiger partial charge >= 0.3 is 17.9 Å². The first kappa shape index (κ1) is 38.8. The van der Waals surface area contributed by atoms with Gasteiger partial charge in [-0.05, 0) is 12.8 Å². The number of carbonyl (C=O) groups is 3. The summed E-state index contributed by atoms with van der Waals surface area (Å²) in [7, 11) is 0. The average Bonchev–Trinajstić information content (AvgIpc) is 2.57. The Morgan fingerprint density at radius 2 is 0.962 bits per heavy atom. The summed E-state index contributed by atoms with van der Waals surface area (Å²) < 4.78 is 0. The van der Waals surface area contributed by atoms with Gasteiger partial charge < -0.3 is 30.6 Å². The second-order valence-corrected chi connectivity index (χ2v) is 3.72. The molecule has 0 saturated carbocycles. The minimum absolute atomic E-state index is 0. The van der Waals surface area contributed by atoms with Gasteiger partial charge in [-0.15, -0.1) is 0 Å². The molecule has 0 radical (unpaired) electrons. The predicted octanol–water partition coefficient (Wildman–Crippen LogP) is 0.436. The number of aliphatic hydroxyl groups is 3. The third kappa shape index (κ3) is 68.6. The predicted molar refractivity (Wildman–Crippen MR) is 92.5 cm³/mol. The molecule has 0 aliphatic carbocycles. The molecule has 6 N–H and O–H groups in total. The van der Waals surface area contributed by atoms with Crippen LogP contribution in [0, 0.1) is 5.92 Å². The standard InChI is InChI=1S/C6H14O3.3C3H4O2.2FH/c7-3-1-2-6(4-8)5-9;3*1-2-3(4)5;;/h6-9H,1-5H2;3*2H,1H2,(H,4,5);2*1H. The molecule has 156 valence electrons. The van der Waals surface area contributed by atoms with Crippen molar-refractivity contribution in [1.82, 2.24) is 0 Å². The van der Waals surface area contributed by atoms with E-state index in [4.69, 9.17) is 30.6 Å². The first-order valence-corrected chi connectivity index (χ1v) is 6.55. The molecule has 0 bridgehead atoms. The fourth-order valence-electron chi connectivity index (χ4n) is 0.620. The van der Waals surface area contributed by atoms with Gasteiger partial charge in [-0.1, -0.05) is 19.7 Å². The maximum atomic E-state index is 9.25. The molecular formula is C15H28F2O9. The monoisotopic (exact) mass is 390 g/mol. The summed E-state index contributed by atoms with van der Waals surface area (Å²) in [5, 5.41) is 48.2. The SMILES string of the molecule is C=CC(=O)O.C=CC(=O)O.C=CC(=O)O.F.F.OCCCC(CO)CO. The molecule has 0 aliphatic rings. The number of rotatable bonds is 8. The highest BCUT2D eigenvalue weighted by Gasteiger charge is 2.03. The Hall–Kier alpha value is -2.63. The summed E-state index contributed by atoms with van der Waals surface area (Å²) in [4.78, 5) is 27.8. The van der Waals surface area contributed by atoms with E-state index in [1.165, 1.54) is 0 Å². The topological polar surface area (TPSA) is 173 Å². The molecule has 0 aliphatic heterocycles. The second kappa shape index (κ2) is 33.9. The molecule has 0 rings (SSSR count). The minimum Gasteiger partial charge on any atom is -0.478 e. The van der Waals surface area contributed by atoms with Crippen LogP contribution in [0.15, 0.2) is 38.0 Å². The zero-order valence-corrected chi connectivity index (χ0v) is 14.2. The second-order valence-electron chi connectivity index (χ2n) is 3.72. The van der Waals surface area contributed by atoms with Crippen molar-refractivity contribution in [2.45, 2.75) is 12.8 Å². The van der Waals surface area contributed by atoms with E-state index in [0.717, 1.165) is 18.2 Å². The van der Waals surface area contributed by atoms with Gasteiger partial charge in [0.15, 0.2) is 0 Å².